The molecule has 1 aromatic rings. The normalized spacial score (nSPS) is 23.7. The van der Waals surface area contributed by atoms with Gasteiger partial charge in [-0.05, 0) is 31.4 Å². The minimum atomic E-state index is -0.649. The van der Waals surface area contributed by atoms with Crippen molar-refractivity contribution in [1.82, 2.24) is 10.6 Å². The van der Waals surface area contributed by atoms with Gasteiger partial charge in [0.15, 0.2) is 0 Å². The summed E-state index contributed by atoms with van der Waals surface area (Å²) >= 11 is 6.24. The number of amides is 2. The van der Waals surface area contributed by atoms with Gasteiger partial charge in [0.1, 0.15) is 6.61 Å². The summed E-state index contributed by atoms with van der Waals surface area (Å²) in [6, 6.07) is 6.06. The molecule has 2 aliphatic rings. The third kappa shape index (κ3) is 3.55. The standard InChI is InChI=1S/C17H19ClN2O4/c1-10-14(16(21)24-9-11-5-4-8-23-11)15(20-17(22)19-10)12-6-2-3-7-13(12)18/h2-3,6-7,11,15H,4-5,8-9H2,1H3,(H2,19,20,22)/t11-,15-/m1/s1. The van der Waals surface area contributed by atoms with Crippen LogP contribution >= 0.6 is 11.6 Å². The summed E-state index contributed by atoms with van der Waals surface area (Å²) in [5, 5.41) is 5.82. The zero-order valence-electron chi connectivity index (χ0n) is 13.3. The van der Waals surface area contributed by atoms with Gasteiger partial charge in [0, 0.05) is 17.3 Å². The molecule has 1 aromatic carbocycles. The monoisotopic (exact) mass is 350 g/mol. The molecule has 3 rings (SSSR count). The Morgan fingerprint density at radius 1 is 1.42 bits per heavy atom. The molecule has 7 heteroatoms. The van der Waals surface area contributed by atoms with Crippen molar-refractivity contribution in [2.45, 2.75) is 31.9 Å². The summed E-state index contributed by atoms with van der Waals surface area (Å²) in [6.45, 7) is 2.58. The Morgan fingerprint density at radius 2 is 2.21 bits per heavy atom. The van der Waals surface area contributed by atoms with Gasteiger partial charge in [-0.15, -0.1) is 0 Å². The lowest BCUT2D eigenvalue weighted by atomic mass is 9.95. The Morgan fingerprint density at radius 3 is 2.92 bits per heavy atom. The van der Waals surface area contributed by atoms with Crippen LogP contribution in [-0.4, -0.2) is 31.3 Å². The first-order chi connectivity index (χ1) is 11.6. The van der Waals surface area contributed by atoms with Crippen molar-refractivity contribution in [3.8, 4) is 0 Å². The largest absolute Gasteiger partial charge is 0.459 e. The molecule has 2 heterocycles. The number of hydrogen-bond donors (Lipinski definition) is 2. The quantitative estimate of drug-likeness (QED) is 0.818. The Bertz CT molecular complexity index is 683. The number of rotatable bonds is 4. The van der Waals surface area contributed by atoms with Crippen molar-refractivity contribution in [2.24, 2.45) is 0 Å². The van der Waals surface area contributed by atoms with Gasteiger partial charge >= 0.3 is 12.0 Å². The Hall–Kier alpha value is -2.05. The van der Waals surface area contributed by atoms with E-state index in [0.717, 1.165) is 12.8 Å². The van der Waals surface area contributed by atoms with Crippen LogP contribution in [-0.2, 0) is 14.3 Å². The van der Waals surface area contributed by atoms with Crippen molar-refractivity contribution in [2.75, 3.05) is 13.2 Å². The number of carbonyl (C=O) groups excluding carboxylic acids is 2. The molecule has 2 amide bonds. The Kier molecular flexibility index (Phi) is 5.06. The van der Waals surface area contributed by atoms with Gasteiger partial charge in [0.2, 0.25) is 0 Å². The maximum absolute atomic E-state index is 12.6. The highest BCUT2D eigenvalue weighted by Gasteiger charge is 2.33. The minimum Gasteiger partial charge on any atom is -0.459 e. The summed E-state index contributed by atoms with van der Waals surface area (Å²) in [6.07, 6.45) is 1.80. The number of carbonyl (C=O) groups is 2. The highest BCUT2D eigenvalue weighted by atomic mass is 35.5. The number of urea groups is 1. The van der Waals surface area contributed by atoms with Crippen LogP contribution in [0.5, 0.6) is 0 Å². The molecule has 0 aromatic heterocycles. The van der Waals surface area contributed by atoms with Gasteiger partial charge in [-0.1, -0.05) is 29.8 Å². The second-order valence-electron chi connectivity index (χ2n) is 5.83. The van der Waals surface area contributed by atoms with Crippen molar-refractivity contribution in [3.05, 3.63) is 46.1 Å². The third-order valence-corrected chi connectivity index (χ3v) is 4.47. The van der Waals surface area contributed by atoms with E-state index in [1.54, 1.807) is 31.2 Å². The SMILES string of the molecule is CC1=C(C(=O)OC[C@H]2CCCO2)[C@@H](c2ccccc2Cl)NC(=O)N1. The molecule has 0 bridgehead atoms. The lowest BCUT2D eigenvalue weighted by Gasteiger charge is -2.28. The second-order valence-corrected chi connectivity index (χ2v) is 6.23. The van der Waals surface area contributed by atoms with Crippen LogP contribution in [0.2, 0.25) is 5.02 Å². The predicted molar refractivity (Wildman–Crippen MR) is 88.5 cm³/mol. The zero-order chi connectivity index (χ0) is 17.1. The molecule has 6 nitrogen and oxygen atoms in total. The van der Waals surface area contributed by atoms with Crippen LogP contribution < -0.4 is 10.6 Å². The average molecular weight is 351 g/mol. The minimum absolute atomic E-state index is 0.0558. The summed E-state index contributed by atoms with van der Waals surface area (Å²) < 4.78 is 10.9. The van der Waals surface area contributed by atoms with Crippen molar-refractivity contribution >= 4 is 23.6 Å². The van der Waals surface area contributed by atoms with Gasteiger partial charge < -0.3 is 20.1 Å². The number of halogens is 1. The highest BCUT2D eigenvalue weighted by molar-refractivity contribution is 6.31. The molecule has 0 radical (unpaired) electrons. The molecule has 2 N–H and O–H groups in total. The molecule has 128 valence electrons. The van der Waals surface area contributed by atoms with E-state index >= 15 is 0 Å². The zero-order valence-corrected chi connectivity index (χ0v) is 14.1. The van der Waals surface area contributed by atoms with E-state index in [-0.39, 0.29) is 18.7 Å². The van der Waals surface area contributed by atoms with E-state index in [0.29, 0.717) is 28.5 Å². The average Bonchev–Trinajstić information content (AvgIpc) is 3.06. The second kappa shape index (κ2) is 7.23. The third-order valence-electron chi connectivity index (χ3n) is 4.13. The van der Waals surface area contributed by atoms with Crippen LogP contribution in [0.15, 0.2) is 35.5 Å². The van der Waals surface area contributed by atoms with E-state index in [9.17, 15) is 9.59 Å². The van der Waals surface area contributed by atoms with Gasteiger partial charge in [-0.2, -0.15) is 0 Å². The molecule has 0 saturated carbocycles. The lowest BCUT2D eigenvalue weighted by Crippen LogP contribution is -2.45. The van der Waals surface area contributed by atoms with Gasteiger partial charge in [0.25, 0.3) is 0 Å². The van der Waals surface area contributed by atoms with E-state index < -0.39 is 12.0 Å². The molecule has 0 unspecified atom stereocenters. The fraction of sp³-hybridized carbons (Fsp3) is 0.412. The van der Waals surface area contributed by atoms with Gasteiger partial charge in [0.05, 0.1) is 17.7 Å². The smallest absolute Gasteiger partial charge is 0.338 e. The maximum Gasteiger partial charge on any atom is 0.338 e. The lowest BCUT2D eigenvalue weighted by molar-refractivity contribution is -0.142. The van der Waals surface area contributed by atoms with Crippen LogP contribution in [0, 0.1) is 0 Å². The Balaban J connectivity index is 1.83. The molecule has 1 fully saturated rings. The number of allylic oxidation sites excluding steroid dienone is 1. The number of esters is 1. The number of hydrogen-bond acceptors (Lipinski definition) is 4. The van der Waals surface area contributed by atoms with Crippen LogP contribution in [0.25, 0.3) is 0 Å². The number of benzene rings is 1. The van der Waals surface area contributed by atoms with Crippen molar-refractivity contribution in [1.29, 1.82) is 0 Å². The number of nitrogens with one attached hydrogen (secondary N) is 2. The fourth-order valence-electron chi connectivity index (χ4n) is 2.93. The van der Waals surface area contributed by atoms with Crippen LogP contribution in [0.3, 0.4) is 0 Å². The molecule has 2 atom stereocenters. The van der Waals surface area contributed by atoms with Gasteiger partial charge in [-0.25, -0.2) is 9.59 Å². The first-order valence-electron chi connectivity index (χ1n) is 7.87. The van der Waals surface area contributed by atoms with Crippen LogP contribution in [0.1, 0.15) is 31.4 Å². The molecule has 0 spiro atoms. The summed E-state index contributed by atoms with van der Waals surface area (Å²) in [5.74, 6) is -0.486. The summed E-state index contributed by atoms with van der Waals surface area (Å²) in [7, 11) is 0. The highest BCUT2D eigenvalue weighted by Crippen LogP contribution is 2.32. The maximum atomic E-state index is 12.6. The van der Waals surface area contributed by atoms with E-state index in [2.05, 4.69) is 10.6 Å². The summed E-state index contributed by atoms with van der Waals surface area (Å²) in [4.78, 5) is 24.4. The Labute approximate surface area is 145 Å². The van der Waals surface area contributed by atoms with E-state index in [4.69, 9.17) is 21.1 Å². The molecular weight excluding hydrogens is 332 g/mol. The number of ether oxygens (including phenoxy) is 2. The van der Waals surface area contributed by atoms with Gasteiger partial charge in [-0.3, -0.25) is 0 Å². The van der Waals surface area contributed by atoms with E-state index in [1.807, 2.05) is 0 Å². The molecule has 24 heavy (non-hydrogen) atoms. The first kappa shape index (κ1) is 16.8. The molecule has 1 saturated heterocycles. The molecular formula is C17H19ClN2O4. The van der Waals surface area contributed by atoms with E-state index in [1.165, 1.54) is 0 Å². The van der Waals surface area contributed by atoms with Crippen LogP contribution in [0.4, 0.5) is 4.79 Å². The van der Waals surface area contributed by atoms with Crippen molar-refractivity contribution < 1.29 is 19.1 Å². The topological polar surface area (TPSA) is 76.7 Å². The predicted octanol–water partition coefficient (Wildman–Crippen LogP) is 2.69. The fourth-order valence-corrected chi connectivity index (χ4v) is 3.17. The summed E-state index contributed by atoms with van der Waals surface area (Å²) in [5.41, 5.74) is 1.46. The molecule has 2 aliphatic heterocycles. The molecule has 0 aliphatic carbocycles. The first-order valence-corrected chi connectivity index (χ1v) is 8.25. The van der Waals surface area contributed by atoms with Crippen molar-refractivity contribution in [3.63, 3.8) is 0 Å².